The zero-order valence-electron chi connectivity index (χ0n) is 12.8. The van der Waals surface area contributed by atoms with Crippen LogP contribution in [0.25, 0.3) is 0 Å². The predicted octanol–water partition coefficient (Wildman–Crippen LogP) is 3.95. The van der Waals surface area contributed by atoms with Gasteiger partial charge in [0.1, 0.15) is 6.67 Å². The van der Waals surface area contributed by atoms with Gasteiger partial charge in [-0.15, -0.1) is 0 Å². The highest BCUT2D eigenvalue weighted by Crippen LogP contribution is 2.19. The summed E-state index contributed by atoms with van der Waals surface area (Å²) in [6, 6.07) is 0. The molecule has 1 aliphatic rings. The Morgan fingerprint density at radius 1 is 0.737 bits per heavy atom. The van der Waals surface area contributed by atoms with E-state index in [1.165, 1.54) is 94.7 Å². The van der Waals surface area contributed by atoms with Crippen LogP contribution in [-0.4, -0.2) is 36.5 Å². The fourth-order valence-electron chi connectivity index (χ4n) is 3.30. The van der Waals surface area contributed by atoms with Crippen molar-refractivity contribution in [2.24, 2.45) is 5.73 Å². The second-order valence-corrected chi connectivity index (χ2v) is 6.75. The molecule has 0 bridgehead atoms. The summed E-state index contributed by atoms with van der Waals surface area (Å²) in [5.74, 6) is 1.05. The van der Waals surface area contributed by atoms with Gasteiger partial charge in [-0.2, -0.15) is 12.6 Å². The van der Waals surface area contributed by atoms with Crippen LogP contribution >= 0.6 is 12.6 Å². The van der Waals surface area contributed by atoms with Crippen LogP contribution in [0.2, 0.25) is 0 Å². The molecule has 114 valence electrons. The third-order valence-corrected chi connectivity index (χ3v) is 5.01. The molecular weight excluding hydrogens is 252 g/mol. The normalized spacial score (nSPS) is 18.6. The van der Waals surface area contributed by atoms with Crippen molar-refractivity contribution in [3.05, 3.63) is 0 Å². The molecule has 1 saturated heterocycles. The van der Waals surface area contributed by atoms with Gasteiger partial charge in [0.25, 0.3) is 0 Å². The molecule has 1 heterocycles. The third-order valence-electron chi connectivity index (χ3n) is 4.69. The van der Waals surface area contributed by atoms with E-state index >= 15 is 0 Å². The molecule has 0 aliphatic carbocycles. The molecule has 0 atom stereocenters. The Hall–Kier alpha value is 0.270. The van der Waals surface area contributed by atoms with Crippen LogP contribution in [-0.2, 0) is 0 Å². The molecule has 0 saturated carbocycles. The van der Waals surface area contributed by atoms with Gasteiger partial charge in [-0.05, 0) is 44.3 Å². The van der Waals surface area contributed by atoms with Gasteiger partial charge in [0, 0.05) is 0 Å². The number of piperidine rings is 1. The van der Waals surface area contributed by atoms with Crippen LogP contribution in [0.5, 0.6) is 0 Å². The molecule has 0 aromatic carbocycles. The molecule has 0 amide bonds. The predicted molar refractivity (Wildman–Crippen MR) is 88.6 cm³/mol. The first-order chi connectivity index (χ1) is 9.33. The van der Waals surface area contributed by atoms with Crippen molar-refractivity contribution in [1.82, 2.24) is 0 Å². The maximum atomic E-state index is 6.01. The van der Waals surface area contributed by atoms with Crippen molar-refractivity contribution >= 4 is 12.6 Å². The van der Waals surface area contributed by atoms with E-state index < -0.39 is 0 Å². The number of unbranched alkanes of at least 4 members (excludes halogenated alkanes) is 7. The summed E-state index contributed by atoms with van der Waals surface area (Å²) in [4.78, 5) is 0. The lowest BCUT2D eigenvalue weighted by molar-refractivity contribution is -0.932. The molecule has 0 spiro atoms. The highest BCUT2D eigenvalue weighted by molar-refractivity contribution is 7.80. The SMILES string of the molecule is NC[N+]1(CCCCCCCCCCS)CCCCC1. The zero-order chi connectivity index (χ0) is 13.8. The minimum absolute atomic E-state index is 0.865. The van der Waals surface area contributed by atoms with Crippen molar-refractivity contribution in [3.8, 4) is 0 Å². The Morgan fingerprint density at radius 3 is 1.79 bits per heavy atom. The average Bonchev–Trinajstić information content (AvgIpc) is 2.46. The van der Waals surface area contributed by atoms with E-state index in [9.17, 15) is 0 Å². The Balaban J connectivity index is 1.94. The first-order valence-corrected chi connectivity index (χ1v) is 9.12. The monoisotopic (exact) mass is 287 g/mol. The molecule has 2 nitrogen and oxygen atoms in total. The Morgan fingerprint density at radius 2 is 1.26 bits per heavy atom. The number of rotatable bonds is 11. The van der Waals surface area contributed by atoms with Gasteiger partial charge >= 0.3 is 0 Å². The first kappa shape index (κ1) is 17.3. The zero-order valence-corrected chi connectivity index (χ0v) is 13.7. The second kappa shape index (κ2) is 11.0. The largest absolute Gasteiger partial charge is 0.311 e. The number of likely N-dealkylation sites (tertiary alicyclic amines) is 1. The highest BCUT2D eigenvalue weighted by Gasteiger charge is 2.27. The highest BCUT2D eigenvalue weighted by atomic mass is 32.1. The number of nitrogens with zero attached hydrogens (tertiary/aromatic N) is 1. The van der Waals surface area contributed by atoms with Gasteiger partial charge < -0.3 is 4.48 Å². The number of nitrogens with two attached hydrogens (primary N) is 1. The standard InChI is InChI=1S/C16H34N2S/c17-16-18(13-9-7-10-14-18)12-8-5-3-1-2-4-6-11-15-19/h1-17H2/p+1. The molecule has 3 heteroatoms. The molecule has 19 heavy (non-hydrogen) atoms. The van der Waals surface area contributed by atoms with Crippen LogP contribution in [0.4, 0.5) is 0 Å². The van der Waals surface area contributed by atoms with E-state index in [2.05, 4.69) is 12.6 Å². The molecular formula is C16H35N2S+. The fraction of sp³-hybridized carbons (Fsp3) is 1.00. The summed E-state index contributed by atoms with van der Waals surface area (Å²) < 4.78 is 1.21. The summed E-state index contributed by atoms with van der Waals surface area (Å²) in [6.45, 7) is 4.86. The van der Waals surface area contributed by atoms with Crippen molar-refractivity contribution in [1.29, 1.82) is 0 Å². The summed E-state index contributed by atoms with van der Waals surface area (Å²) in [5, 5.41) is 0. The van der Waals surface area contributed by atoms with Gasteiger partial charge in [-0.25, -0.2) is 0 Å². The minimum atomic E-state index is 0.865. The van der Waals surface area contributed by atoms with E-state index in [-0.39, 0.29) is 0 Å². The van der Waals surface area contributed by atoms with Gasteiger partial charge in [0.2, 0.25) is 0 Å². The topological polar surface area (TPSA) is 26.0 Å². The van der Waals surface area contributed by atoms with Crippen molar-refractivity contribution in [2.75, 3.05) is 32.1 Å². The molecule has 0 unspecified atom stereocenters. The quantitative estimate of drug-likeness (QED) is 0.336. The summed E-state index contributed by atoms with van der Waals surface area (Å²) >= 11 is 4.25. The van der Waals surface area contributed by atoms with Crippen molar-refractivity contribution in [2.45, 2.75) is 70.6 Å². The smallest absolute Gasteiger partial charge is 0.130 e. The van der Waals surface area contributed by atoms with E-state index in [1.807, 2.05) is 0 Å². The van der Waals surface area contributed by atoms with Gasteiger partial charge in [-0.1, -0.05) is 32.1 Å². The molecule has 0 aromatic heterocycles. The van der Waals surface area contributed by atoms with E-state index in [1.54, 1.807) is 0 Å². The van der Waals surface area contributed by atoms with E-state index in [0.29, 0.717) is 0 Å². The molecule has 2 N–H and O–H groups in total. The lowest BCUT2D eigenvalue weighted by Crippen LogP contribution is -2.55. The minimum Gasteiger partial charge on any atom is -0.311 e. The number of hydrogen-bond acceptors (Lipinski definition) is 2. The van der Waals surface area contributed by atoms with Gasteiger partial charge in [-0.3, -0.25) is 5.73 Å². The van der Waals surface area contributed by atoms with Crippen LogP contribution in [0.3, 0.4) is 0 Å². The second-order valence-electron chi connectivity index (χ2n) is 6.31. The van der Waals surface area contributed by atoms with E-state index in [4.69, 9.17) is 5.73 Å². The first-order valence-electron chi connectivity index (χ1n) is 8.49. The summed E-state index contributed by atoms with van der Waals surface area (Å²) in [6.07, 6.45) is 15.3. The summed E-state index contributed by atoms with van der Waals surface area (Å²) in [7, 11) is 0. The number of quaternary nitrogens is 1. The molecule has 1 rings (SSSR count). The van der Waals surface area contributed by atoms with Gasteiger partial charge in [0.05, 0.1) is 19.6 Å². The van der Waals surface area contributed by atoms with Crippen molar-refractivity contribution < 1.29 is 4.48 Å². The lowest BCUT2D eigenvalue weighted by Gasteiger charge is -2.40. The lowest BCUT2D eigenvalue weighted by atomic mass is 10.1. The van der Waals surface area contributed by atoms with Crippen LogP contribution in [0, 0.1) is 0 Å². The maximum absolute atomic E-state index is 6.01. The van der Waals surface area contributed by atoms with E-state index in [0.717, 1.165) is 12.4 Å². The number of hydrogen-bond donors (Lipinski definition) is 2. The Labute approximate surface area is 126 Å². The van der Waals surface area contributed by atoms with Crippen LogP contribution in [0.1, 0.15) is 70.6 Å². The van der Waals surface area contributed by atoms with Crippen molar-refractivity contribution in [3.63, 3.8) is 0 Å². The molecule has 0 radical (unpaired) electrons. The fourth-order valence-corrected chi connectivity index (χ4v) is 3.52. The maximum Gasteiger partial charge on any atom is 0.130 e. The van der Waals surface area contributed by atoms with Gasteiger partial charge in [0.15, 0.2) is 0 Å². The molecule has 0 aromatic rings. The van der Waals surface area contributed by atoms with Crippen LogP contribution in [0.15, 0.2) is 0 Å². The third kappa shape index (κ3) is 7.57. The Bertz CT molecular complexity index is 203. The Kier molecular flexibility index (Phi) is 10.0. The van der Waals surface area contributed by atoms with Crippen LogP contribution < -0.4 is 5.73 Å². The molecule has 1 fully saturated rings. The average molecular weight is 288 g/mol. The summed E-state index contributed by atoms with van der Waals surface area (Å²) in [5.41, 5.74) is 6.01. The molecule has 1 aliphatic heterocycles. The number of thiol groups is 1.